The molecule has 21 heavy (non-hydrogen) atoms. The zero-order valence-electron chi connectivity index (χ0n) is 11.6. The molecule has 0 atom stereocenters. The predicted octanol–water partition coefficient (Wildman–Crippen LogP) is 3.76. The Morgan fingerprint density at radius 1 is 1.19 bits per heavy atom. The number of ether oxygens (including phenoxy) is 2. The third-order valence-electron chi connectivity index (χ3n) is 2.68. The summed E-state index contributed by atoms with van der Waals surface area (Å²) in [5, 5.41) is 11.0. The molecule has 0 radical (unpaired) electrons. The molecular formula is C15H16N2O4. The number of hydrogen-bond donors (Lipinski definition) is 1. The first-order valence-corrected chi connectivity index (χ1v) is 6.54. The van der Waals surface area contributed by atoms with E-state index < -0.39 is 4.92 Å². The number of rotatable bonds is 6. The highest BCUT2D eigenvalue weighted by atomic mass is 16.6. The van der Waals surface area contributed by atoms with Crippen molar-refractivity contribution in [3.8, 4) is 17.2 Å². The van der Waals surface area contributed by atoms with Crippen LogP contribution in [-0.2, 0) is 0 Å². The third kappa shape index (κ3) is 3.85. The number of anilines is 1. The quantitative estimate of drug-likeness (QED) is 0.496. The molecule has 0 heterocycles. The third-order valence-corrected chi connectivity index (χ3v) is 2.68. The Balaban J connectivity index is 2.26. The lowest BCUT2D eigenvalue weighted by atomic mass is 10.2. The lowest BCUT2D eigenvalue weighted by Gasteiger charge is -2.09. The van der Waals surface area contributed by atoms with Crippen molar-refractivity contribution in [2.24, 2.45) is 0 Å². The van der Waals surface area contributed by atoms with Crippen LogP contribution < -0.4 is 15.2 Å². The van der Waals surface area contributed by atoms with E-state index in [1.165, 1.54) is 18.2 Å². The zero-order valence-corrected chi connectivity index (χ0v) is 11.6. The predicted molar refractivity (Wildman–Crippen MR) is 79.8 cm³/mol. The van der Waals surface area contributed by atoms with Crippen molar-refractivity contribution in [1.29, 1.82) is 0 Å². The lowest BCUT2D eigenvalue weighted by Crippen LogP contribution is -1.99. The van der Waals surface area contributed by atoms with Gasteiger partial charge in [-0.25, -0.2) is 0 Å². The van der Waals surface area contributed by atoms with Crippen LogP contribution in [-0.4, -0.2) is 11.5 Å². The second kappa shape index (κ2) is 6.60. The molecule has 0 aromatic heterocycles. The highest BCUT2D eigenvalue weighted by Crippen LogP contribution is 2.33. The molecule has 0 saturated heterocycles. The molecule has 6 nitrogen and oxygen atoms in total. The van der Waals surface area contributed by atoms with Crippen molar-refractivity contribution in [3.63, 3.8) is 0 Å². The highest BCUT2D eigenvalue weighted by molar-refractivity contribution is 5.52. The summed E-state index contributed by atoms with van der Waals surface area (Å²) in [6, 6.07) is 11.4. The van der Waals surface area contributed by atoms with Crippen molar-refractivity contribution in [1.82, 2.24) is 0 Å². The molecule has 0 saturated carbocycles. The van der Waals surface area contributed by atoms with Crippen LogP contribution in [0.25, 0.3) is 0 Å². The maximum absolute atomic E-state index is 11.0. The maximum atomic E-state index is 11.0. The first kappa shape index (κ1) is 14.6. The van der Waals surface area contributed by atoms with Crippen LogP contribution in [0.1, 0.15) is 13.3 Å². The summed E-state index contributed by atoms with van der Waals surface area (Å²) in [4.78, 5) is 10.5. The number of benzene rings is 2. The summed E-state index contributed by atoms with van der Waals surface area (Å²) < 4.78 is 11.0. The Bertz CT molecular complexity index is 643. The van der Waals surface area contributed by atoms with Crippen LogP contribution in [0, 0.1) is 10.1 Å². The summed E-state index contributed by atoms with van der Waals surface area (Å²) in [5.41, 5.74) is 6.18. The van der Waals surface area contributed by atoms with E-state index in [9.17, 15) is 10.1 Å². The molecule has 110 valence electrons. The first-order valence-electron chi connectivity index (χ1n) is 6.54. The molecule has 0 spiro atoms. The van der Waals surface area contributed by atoms with Crippen LogP contribution in [0.3, 0.4) is 0 Å². The van der Waals surface area contributed by atoms with Gasteiger partial charge in [-0.1, -0.05) is 13.0 Å². The van der Waals surface area contributed by atoms with E-state index in [4.69, 9.17) is 15.2 Å². The Labute approximate surface area is 122 Å². The molecule has 2 aromatic carbocycles. The Hall–Kier alpha value is -2.76. The average Bonchev–Trinajstić information content (AvgIpc) is 2.45. The molecule has 2 N–H and O–H groups in total. The SMILES string of the molecule is CCCOc1cc(Oc2cccc(N)c2)ccc1[N+](=O)[O-]. The summed E-state index contributed by atoms with van der Waals surface area (Å²) in [7, 11) is 0. The molecular weight excluding hydrogens is 272 g/mol. The molecule has 2 rings (SSSR count). The number of hydrogen-bond acceptors (Lipinski definition) is 5. The highest BCUT2D eigenvalue weighted by Gasteiger charge is 2.16. The molecule has 0 unspecified atom stereocenters. The number of nitrogens with zero attached hydrogens (tertiary/aromatic N) is 1. The molecule has 2 aromatic rings. The number of nitrogen functional groups attached to an aromatic ring is 1. The van der Waals surface area contributed by atoms with Crippen LogP contribution >= 0.6 is 0 Å². The summed E-state index contributed by atoms with van der Waals surface area (Å²) >= 11 is 0. The number of nitrogens with two attached hydrogens (primary N) is 1. The van der Waals surface area contributed by atoms with Crippen molar-refractivity contribution < 1.29 is 14.4 Å². The van der Waals surface area contributed by atoms with Gasteiger partial charge < -0.3 is 15.2 Å². The minimum absolute atomic E-state index is 0.0802. The Morgan fingerprint density at radius 3 is 2.62 bits per heavy atom. The monoisotopic (exact) mass is 288 g/mol. The first-order chi connectivity index (χ1) is 10.1. The summed E-state index contributed by atoms with van der Waals surface area (Å²) in [6.07, 6.45) is 0.761. The van der Waals surface area contributed by atoms with E-state index in [1.54, 1.807) is 24.3 Å². The molecule has 0 amide bonds. The smallest absolute Gasteiger partial charge is 0.311 e. The minimum Gasteiger partial charge on any atom is -0.487 e. The molecule has 0 fully saturated rings. The second-order valence-corrected chi connectivity index (χ2v) is 4.41. The van der Waals surface area contributed by atoms with Gasteiger partial charge in [-0.15, -0.1) is 0 Å². The fraction of sp³-hybridized carbons (Fsp3) is 0.200. The van der Waals surface area contributed by atoms with E-state index in [-0.39, 0.29) is 11.4 Å². The van der Waals surface area contributed by atoms with Gasteiger partial charge in [-0.3, -0.25) is 10.1 Å². The Kier molecular flexibility index (Phi) is 4.61. The normalized spacial score (nSPS) is 10.1. The van der Waals surface area contributed by atoms with E-state index in [2.05, 4.69) is 0 Å². The minimum atomic E-state index is -0.477. The van der Waals surface area contributed by atoms with Gasteiger partial charge in [0.05, 0.1) is 11.5 Å². The van der Waals surface area contributed by atoms with Gasteiger partial charge in [0.2, 0.25) is 5.75 Å². The molecule has 0 bridgehead atoms. The van der Waals surface area contributed by atoms with Crippen molar-refractivity contribution in [2.75, 3.05) is 12.3 Å². The maximum Gasteiger partial charge on any atom is 0.311 e. The zero-order chi connectivity index (χ0) is 15.2. The van der Waals surface area contributed by atoms with Crippen LogP contribution in [0.2, 0.25) is 0 Å². The van der Waals surface area contributed by atoms with Crippen molar-refractivity contribution >= 4 is 11.4 Å². The lowest BCUT2D eigenvalue weighted by molar-refractivity contribution is -0.385. The number of nitro groups is 1. The molecule has 0 aliphatic rings. The van der Waals surface area contributed by atoms with E-state index in [1.807, 2.05) is 6.92 Å². The van der Waals surface area contributed by atoms with E-state index in [0.717, 1.165) is 6.42 Å². The van der Waals surface area contributed by atoms with Crippen LogP contribution in [0.15, 0.2) is 42.5 Å². The van der Waals surface area contributed by atoms with Gasteiger partial charge in [0.15, 0.2) is 0 Å². The fourth-order valence-corrected chi connectivity index (χ4v) is 1.75. The average molecular weight is 288 g/mol. The van der Waals surface area contributed by atoms with Crippen molar-refractivity contribution in [2.45, 2.75) is 13.3 Å². The van der Waals surface area contributed by atoms with Gasteiger partial charge in [-0.05, 0) is 24.6 Å². The topological polar surface area (TPSA) is 87.6 Å². The standard InChI is InChI=1S/C15H16N2O4/c1-2-8-20-15-10-13(6-7-14(15)17(18)19)21-12-5-3-4-11(16)9-12/h3-7,9-10H,2,8,16H2,1H3. The molecule has 0 aliphatic heterocycles. The largest absolute Gasteiger partial charge is 0.487 e. The van der Waals surface area contributed by atoms with Gasteiger partial charge in [0.1, 0.15) is 11.5 Å². The van der Waals surface area contributed by atoms with Crippen molar-refractivity contribution in [3.05, 3.63) is 52.6 Å². The van der Waals surface area contributed by atoms with E-state index in [0.29, 0.717) is 23.8 Å². The van der Waals surface area contributed by atoms with Crippen LogP contribution in [0.4, 0.5) is 11.4 Å². The number of nitro benzene ring substituents is 1. The molecule has 6 heteroatoms. The second-order valence-electron chi connectivity index (χ2n) is 4.41. The van der Waals surface area contributed by atoms with Gasteiger partial charge in [-0.2, -0.15) is 0 Å². The van der Waals surface area contributed by atoms with Gasteiger partial charge >= 0.3 is 5.69 Å². The van der Waals surface area contributed by atoms with E-state index >= 15 is 0 Å². The van der Waals surface area contributed by atoms with Gasteiger partial charge in [0, 0.05) is 23.9 Å². The van der Waals surface area contributed by atoms with Crippen LogP contribution in [0.5, 0.6) is 17.2 Å². The van der Waals surface area contributed by atoms with Gasteiger partial charge in [0.25, 0.3) is 0 Å². The summed E-state index contributed by atoms with van der Waals surface area (Å²) in [6.45, 7) is 2.33. The summed E-state index contributed by atoms with van der Waals surface area (Å²) in [5.74, 6) is 1.21. The Morgan fingerprint density at radius 2 is 1.95 bits per heavy atom. The molecule has 0 aliphatic carbocycles. The fourth-order valence-electron chi connectivity index (χ4n) is 1.75.